The minimum absolute atomic E-state index is 0.390. The second kappa shape index (κ2) is 8.35. The van der Waals surface area contributed by atoms with Crippen molar-refractivity contribution in [3.05, 3.63) is 28.3 Å². The predicted octanol–water partition coefficient (Wildman–Crippen LogP) is 3.90. The Bertz CT molecular complexity index is 837. The quantitative estimate of drug-likeness (QED) is 0.611. The molecule has 8 heteroatoms. The van der Waals surface area contributed by atoms with E-state index in [1.807, 2.05) is 6.07 Å². The predicted molar refractivity (Wildman–Crippen MR) is 102 cm³/mol. The molecule has 0 amide bonds. The van der Waals surface area contributed by atoms with Crippen LogP contribution in [0.15, 0.2) is 17.2 Å². The molecule has 7 nitrogen and oxygen atoms in total. The van der Waals surface area contributed by atoms with Crippen molar-refractivity contribution in [3.63, 3.8) is 0 Å². The van der Waals surface area contributed by atoms with Gasteiger partial charge >= 0.3 is 0 Å². The van der Waals surface area contributed by atoms with Gasteiger partial charge in [0.15, 0.2) is 17.3 Å². The number of nitrogens with one attached hydrogen (secondary N) is 1. The first-order chi connectivity index (χ1) is 12.7. The van der Waals surface area contributed by atoms with Gasteiger partial charge in [0.25, 0.3) is 0 Å². The van der Waals surface area contributed by atoms with Crippen molar-refractivity contribution >= 4 is 18.4 Å². The zero-order valence-corrected chi connectivity index (χ0v) is 16.1. The third-order valence-electron chi connectivity index (χ3n) is 4.69. The molecule has 0 aliphatic heterocycles. The van der Waals surface area contributed by atoms with E-state index in [0.717, 1.165) is 24.2 Å². The molecule has 0 atom stereocenters. The third-order valence-corrected chi connectivity index (χ3v) is 4.96. The Labute approximate surface area is 158 Å². The topological polar surface area (TPSA) is 73.7 Å². The lowest BCUT2D eigenvalue weighted by Gasteiger charge is -2.20. The van der Waals surface area contributed by atoms with E-state index in [2.05, 4.69) is 15.3 Å². The van der Waals surface area contributed by atoms with Crippen LogP contribution in [0, 0.1) is 4.77 Å². The molecule has 1 aromatic heterocycles. The maximum atomic E-state index is 5.45. The minimum atomic E-state index is 0.390. The zero-order valence-electron chi connectivity index (χ0n) is 15.3. The van der Waals surface area contributed by atoms with E-state index in [1.165, 1.54) is 19.3 Å². The number of H-pyrrole nitrogens is 1. The lowest BCUT2D eigenvalue weighted by molar-refractivity contribution is 0.349. The molecule has 1 saturated carbocycles. The summed E-state index contributed by atoms with van der Waals surface area (Å²) in [5.41, 5.74) is 0.767. The molecule has 2 aromatic rings. The lowest BCUT2D eigenvalue weighted by atomic mass is 9.89. The van der Waals surface area contributed by atoms with Gasteiger partial charge in [0.1, 0.15) is 5.75 Å². The van der Waals surface area contributed by atoms with Crippen LogP contribution in [0.5, 0.6) is 17.2 Å². The lowest BCUT2D eigenvalue weighted by Crippen LogP contribution is -2.10. The Morgan fingerprint density at radius 1 is 1.08 bits per heavy atom. The summed E-state index contributed by atoms with van der Waals surface area (Å²) < 4.78 is 18.3. The van der Waals surface area contributed by atoms with E-state index in [4.69, 9.17) is 26.4 Å². The van der Waals surface area contributed by atoms with Crippen molar-refractivity contribution in [2.75, 3.05) is 21.3 Å². The molecule has 140 valence electrons. The van der Waals surface area contributed by atoms with Crippen LogP contribution in [0.4, 0.5) is 0 Å². The van der Waals surface area contributed by atoms with Crippen molar-refractivity contribution in [1.29, 1.82) is 0 Å². The first kappa shape index (κ1) is 18.4. The summed E-state index contributed by atoms with van der Waals surface area (Å²) in [4.78, 5) is 0. The summed E-state index contributed by atoms with van der Waals surface area (Å²) in [6, 6.07) is 3.60. The van der Waals surface area contributed by atoms with E-state index in [-0.39, 0.29) is 0 Å². The SMILES string of the molecule is COc1cc(OC)c(OC)cc1/C=N/n1c(C2CCCCC2)n[nH]c1=S. The van der Waals surface area contributed by atoms with E-state index in [1.54, 1.807) is 38.3 Å². The van der Waals surface area contributed by atoms with Crippen LogP contribution in [0.2, 0.25) is 0 Å². The molecule has 1 aliphatic rings. The number of benzene rings is 1. The van der Waals surface area contributed by atoms with Crippen molar-refractivity contribution in [2.24, 2.45) is 5.10 Å². The van der Waals surface area contributed by atoms with E-state index in [9.17, 15) is 0 Å². The first-order valence-corrected chi connectivity index (χ1v) is 9.10. The van der Waals surface area contributed by atoms with Gasteiger partial charge in [-0.3, -0.25) is 5.10 Å². The monoisotopic (exact) mass is 376 g/mol. The molecule has 26 heavy (non-hydrogen) atoms. The van der Waals surface area contributed by atoms with Crippen LogP contribution >= 0.6 is 12.2 Å². The van der Waals surface area contributed by atoms with E-state index < -0.39 is 0 Å². The maximum Gasteiger partial charge on any atom is 0.216 e. The van der Waals surface area contributed by atoms with Crippen molar-refractivity contribution < 1.29 is 14.2 Å². The minimum Gasteiger partial charge on any atom is -0.496 e. The normalized spacial score (nSPS) is 15.3. The fourth-order valence-corrected chi connectivity index (χ4v) is 3.50. The molecule has 0 unspecified atom stereocenters. The third kappa shape index (κ3) is 3.75. The van der Waals surface area contributed by atoms with Gasteiger partial charge in [-0.1, -0.05) is 19.3 Å². The number of hydrogen-bond donors (Lipinski definition) is 1. The number of nitrogens with zero attached hydrogens (tertiary/aromatic N) is 3. The number of ether oxygens (including phenoxy) is 3. The van der Waals surface area contributed by atoms with Gasteiger partial charge in [-0.15, -0.1) is 0 Å². The Balaban J connectivity index is 1.95. The molecule has 1 N–H and O–H groups in total. The van der Waals surface area contributed by atoms with Crippen LogP contribution in [-0.2, 0) is 0 Å². The molecular formula is C18H24N4O3S. The highest BCUT2D eigenvalue weighted by molar-refractivity contribution is 7.71. The molecule has 3 rings (SSSR count). The number of hydrogen-bond acceptors (Lipinski definition) is 6. The number of aromatic nitrogens is 3. The van der Waals surface area contributed by atoms with Crippen LogP contribution in [0.3, 0.4) is 0 Å². The van der Waals surface area contributed by atoms with E-state index >= 15 is 0 Å². The summed E-state index contributed by atoms with van der Waals surface area (Å²) in [6.45, 7) is 0. The second-order valence-corrected chi connectivity index (χ2v) is 6.61. The van der Waals surface area contributed by atoms with Crippen molar-refractivity contribution in [2.45, 2.75) is 38.0 Å². The highest BCUT2D eigenvalue weighted by Crippen LogP contribution is 2.34. The van der Waals surface area contributed by atoms with Crippen LogP contribution in [-0.4, -0.2) is 42.4 Å². The molecule has 0 bridgehead atoms. The molecule has 0 spiro atoms. The summed E-state index contributed by atoms with van der Waals surface area (Å²) in [5, 5.41) is 11.8. The Morgan fingerprint density at radius 3 is 2.38 bits per heavy atom. The summed E-state index contributed by atoms with van der Waals surface area (Å²) in [7, 11) is 4.79. The van der Waals surface area contributed by atoms with Gasteiger partial charge < -0.3 is 14.2 Å². The number of rotatable bonds is 6. The molecule has 1 heterocycles. The van der Waals surface area contributed by atoms with Crippen molar-refractivity contribution in [3.8, 4) is 17.2 Å². The molecule has 1 aromatic carbocycles. The fourth-order valence-electron chi connectivity index (χ4n) is 3.31. The smallest absolute Gasteiger partial charge is 0.216 e. The Morgan fingerprint density at radius 2 is 1.73 bits per heavy atom. The molecule has 0 saturated heterocycles. The average Bonchev–Trinajstić information content (AvgIpc) is 3.06. The Hall–Kier alpha value is -2.35. The van der Waals surface area contributed by atoms with Crippen LogP contribution in [0.1, 0.15) is 49.4 Å². The average molecular weight is 376 g/mol. The molecule has 1 aliphatic carbocycles. The van der Waals surface area contributed by atoms with Crippen LogP contribution < -0.4 is 14.2 Å². The van der Waals surface area contributed by atoms with Gasteiger partial charge in [-0.25, -0.2) is 0 Å². The zero-order chi connectivity index (χ0) is 18.5. The van der Waals surface area contributed by atoms with Crippen LogP contribution in [0.25, 0.3) is 0 Å². The number of methoxy groups -OCH3 is 3. The van der Waals surface area contributed by atoms with Gasteiger partial charge in [-0.05, 0) is 31.1 Å². The standard InChI is InChI=1S/C18H24N4O3S/c1-23-14-10-16(25-3)15(24-2)9-13(14)11-19-22-17(20-21-18(22)26)12-7-5-4-6-8-12/h9-12H,4-8H2,1-3H3,(H,21,26)/b19-11+. The van der Waals surface area contributed by atoms with Gasteiger partial charge in [0.05, 0.1) is 27.5 Å². The first-order valence-electron chi connectivity index (χ1n) is 8.69. The van der Waals surface area contributed by atoms with Crippen molar-refractivity contribution in [1.82, 2.24) is 14.9 Å². The van der Waals surface area contributed by atoms with E-state index in [0.29, 0.717) is 27.9 Å². The maximum absolute atomic E-state index is 5.45. The molecule has 0 radical (unpaired) electrons. The van der Waals surface area contributed by atoms with Gasteiger partial charge in [0, 0.05) is 17.5 Å². The number of aromatic amines is 1. The summed E-state index contributed by atoms with van der Waals surface area (Å²) >= 11 is 5.36. The fraction of sp³-hybridized carbons (Fsp3) is 0.500. The highest BCUT2D eigenvalue weighted by atomic mass is 32.1. The summed E-state index contributed by atoms with van der Waals surface area (Å²) in [6.07, 6.45) is 7.67. The van der Waals surface area contributed by atoms with Gasteiger partial charge in [-0.2, -0.15) is 14.9 Å². The van der Waals surface area contributed by atoms with Gasteiger partial charge in [0.2, 0.25) is 4.77 Å². The highest BCUT2D eigenvalue weighted by Gasteiger charge is 2.21. The molecule has 1 fully saturated rings. The summed E-state index contributed by atoms with van der Waals surface area (Å²) in [5.74, 6) is 3.13. The molecular weight excluding hydrogens is 352 g/mol. The second-order valence-electron chi connectivity index (χ2n) is 6.23. The largest absolute Gasteiger partial charge is 0.496 e. The Kier molecular flexibility index (Phi) is 5.92.